The fourth-order valence-corrected chi connectivity index (χ4v) is 2.28. The summed E-state index contributed by atoms with van der Waals surface area (Å²) in [6.07, 6.45) is 1.15. The summed E-state index contributed by atoms with van der Waals surface area (Å²) in [7, 11) is 0. The monoisotopic (exact) mass is 343 g/mol. The number of pyridine rings is 1. The maximum atomic E-state index is 13.5. The van der Waals surface area contributed by atoms with Crippen LogP contribution < -0.4 is 4.90 Å². The summed E-state index contributed by atoms with van der Waals surface area (Å²) in [6.45, 7) is 9.97. The van der Waals surface area contributed by atoms with E-state index in [2.05, 4.69) is 11.1 Å². The first kappa shape index (κ1) is 18.9. The van der Waals surface area contributed by atoms with Gasteiger partial charge in [-0.3, -0.25) is 4.90 Å². The third-order valence-electron chi connectivity index (χ3n) is 3.26. The highest BCUT2D eigenvalue weighted by molar-refractivity contribution is 5.87. The van der Waals surface area contributed by atoms with Gasteiger partial charge >= 0.3 is 6.09 Å². The molecule has 1 aromatic carbocycles. The first-order valence-corrected chi connectivity index (χ1v) is 8.30. The van der Waals surface area contributed by atoms with E-state index in [4.69, 9.17) is 4.74 Å². The third-order valence-corrected chi connectivity index (χ3v) is 3.26. The van der Waals surface area contributed by atoms with E-state index in [1.165, 1.54) is 23.1 Å². The molecule has 0 aliphatic carbocycles. The largest absolute Gasteiger partial charge is 0.443 e. The van der Waals surface area contributed by atoms with Crippen molar-refractivity contribution in [2.24, 2.45) is 5.92 Å². The van der Waals surface area contributed by atoms with Crippen LogP contribution >= 0.6 is 0 Å². The summed E-state index contributed by atoms with van der Waals surface area (Å²) < 4.78 is 19.0. The maximum Gasteiger partial charge on any atom is 0.416 e. The van der Waals surface area contributed by atoms with Crippen LogP contribution in [-0.2, 0) is 4.74 Å². The number of halogens is 1. The second-order valence-corrected chi connectivity index (χ2v) is 7.31. The number of benzene rings is 1. The highest BCUT2D eigenvalue weighted by Crippen LogP contribution is 2.25. The number of ether oxygens (including phenoxy) is 1. The molecule has 0 bridgehead atoms. The average molecular weight is 343 g/mol. The highest BCUT2D eigenvalue weighted by atomic mass is 19.1. The van der Waals surface area contributed by atoms with Crippen LogP contribution in [0.1, 0.15) is 34.6 Å². The van der Waals surface area contributed by atoms with Gasteiger partial charge in [-0.05, 0) is 68.1 Å². The zero-order valence-corrected chi connectivity index (χ0v) is 15.3. The number of aromatic nitrogens is 1. The van der Waals surface area contributed by atoms with E-state index in [0.29, 0.717) is 17.9 Å². The van der Waals surface area contributed by atoms with Crippen molar-refractivity contribution in [1.29, 1.82) is 0 Å². The maximum absolute atomic E-state index is 13.5. The van der Waals surface area contributed by atoms with Gasteiger partial charge in [-0.2, -0.15) is 0 Å². The molecule has 0 atom stereocenters. The van der Waals surface area contributed by atoms with E-state index in [1.807, 2.05) is 34.6 Å². The molecule has 0 N–H and O–H groups in total. The van der Waals surface area contributed by atoms with Crippen LogP contribution in [0.2, 0.25) is 0 Å². The molecule has 0 spiro atoms. The highest BCUT2D eigenvalue weighted by Gasteiger charge is 2.25. The molecular weight excluding hydrogens is 319 g/mol. The van der Waals surface area contributed by atoms with E-state index >= 15 is 0 Å². The SMILES string of the molecule is CC(C)CN(C(=O)OC(C)(C)C)c1cc(-c2[c]ccc(F)c2)ccn1. The Morgan fingerprint density at radius 2 is 2.04 bits per heavy atom. The van der Waals surface area contributed by atoms with Crippen LogP contribution in [0.15, 0.2) is 36.5 Å². The van der Waals surface area contributed by atoms with Gasteiger partial charge in [0.2, 0.25) is 0 Å². The second-order valence-electron chi connectivity index (χ2n) is 7.31. The van der Waals surface area contributed by atoms with Crippen LogP contribution in [0.4, 0.5) is 15.0 Å². The number of nitrogens with zero attached hydrogens (tertiary/aromatic N) is 2. The zero-order chi connectivity index (χ0) is 18.6. The van der Waals surface area contributed by atoms with Crippen LogP contribution in [0.25, 0.3) is 11.1 Å². The summed E-state index contributed by atoms with van der Waals surface area (Å²) in [6, 6.07) is 10.8. The normalized spacial score (nSPS) is 11.5. The van der Waals surface area contributed by atoms with Crippen molar-refractivity contribution in [1.82, 2.24) is 4.98 Å². The number of hydrogen-bond acceptors (Lipinski definition) is 3. The van der Waals surface area contributed by atoms with E-state index in [-0.39, 0.29) is 11.7 Å². The van der Waals surface area contributed by atoms with Gasteiger partial charge in [0, 0.05) is 12.7 Å². The molecule has 1 radical (unpaired) electrons. The van der Waals surface area contributed by atoms with Crippen molar-refractivity contribution >= 4 is 11.9 Å². The molecule has 0 unspecified atom stereocenters. The fourth-order valence-electron chi connectivity index (χ4n) is 2.28. The van der Waals surface area contributed by atoms with E-state index in [1.54, 1.807) is 18.3 Å². The van der Waals surface area contributed by atoms with Gasteiger partial charge in [0.05, 0.1) is 0 Å². The third kappa shape index (κ3) is 5.55. The molecule has 0 saturated heterocycles. The topological polar surface area (TPSA) is 42.4 Å². The number of anilines is 1. The first-order chi connectivity index (χ1) is 11.7. The van der Waals surface area contributed by atoms with Crippen molar-refractivity contribution in [3.63, 3.8) is 0 Å². The summed E-state index contributed by atoms with van der Waals surface area (Å²) >= 11 is 0. The molecular formula is C20H24FN2O2. The lowest BCUT2D eigenvalue weighted by Crippen LogP contribution is -2.39. The Labute approximate surface area is 148 Å². The molecule has 1 amide bonds. The van der Waals surface area contributed by atoms with E-state index < -0.39 is 11.7 Å². The van der Waals surface area contributed by atoms with Gasteiger partial charge in [-0.15, -0.1) is 0 Å². The Morgan fingerprint density at radius 1 is 1.32 bits per heavy atom. The Hall–Kier alpha value is -2.43. The van der Waals surface area contributed by atoms with Gasteiger partial charge in [0.15, 0.2) is 0 Å². The van der Waals surface area contributed by atoms with Gasteiger partial charge in [0.1, 0.15) is 17.2 Å². The van der Waals surface area contributed by atoms with Crippen molar-refractivity contribution < 1.29 is 13.9 Å². The number of hydrogen-bond donors (Lipinski definition) is 0. The van der Waals surface area contributed by atoms with Crippen LogP contribution in [0, 0.1) is 17.8 Å². The van der Waals surface area contributed by atoms with Gasteiger partial charge < -0.3 is 4.74 Å². The molecule has 0 aliphatic rings. The molecule has 2 rings (SSSR count). The predicted octanol–water partition coefficient (Wildman–Crippen LogP) is 5.09. The van der Waals surface area contributed by atoms with Gasteiger partial charge in [-0.25, -0.2) is 14.2 Å². The predicted molar refractivity (Wildman–Crippen MR) is 96.9 cm³/mol. The minimum Gasteiger partial charge on any atom is -0.443 e. The molecule has 0 aliphatic heterocycles. The van der Waals surface area contributed by atoms with Crippen LogP contribution in [0.5, 0.6) is 0 Å². The number of rotatable bonds is 4. The molecule has 1 heterocycles. The smallest absolute Gasteiger partial charge is 0.416 e. The molecule has 1 aromatic heterocycles. The molecule has 4 nitrogen and oxygen atoms in total. The summed E-state index contributed by atoms with van der Waals surface area (Å²) in [4.78, 5) is 18.4. The van der Waals surface area contributed by atoms with Crippen LogP contribution in [-0.4, -0.2) is 23.2 Å². The Kier molecular flexibility index (Phi) is 5.77. The quantitative estimate of drug-likeness (QED) is 0.777. The summed E-state index contributed by atoms with van der Waals surface area (Å²) in [5.74, 6) is 0.370. The fraction of sp³-hybridized carbons (Fsp3) is 0.400. The first-order valence-electron chi connectivity index (χ1n) is 8.30. The van der Waals surface area contributed by atoms with Crippen molar-refractivity contribution in [3.05, 3.63) is 48.4 Å². The van der Waals surface area contributed by atoms with Crippen LogP contribution in [0.3, 0.4) is 0 Å². The number of carbonyl (C=O) groups is 1. The lowest BCUT2D eigenvalue weighted by molar-refractivity contribution is 0.0575. The molecule has 0 fully saturated rings. The number of carbonyl (C=O) groups excluding carboxylic acids is 1. The Morgan fingerprint density at radius 3 is 2.64 bits per heavy atom. The Balaban J connectivity index is 2.37. The minimum absolute atomic E-state index is 0.235. The van der Waals surface area contributed by atoms with Gasteiger partial charge in [0.25, 0.3) is 0 Å². The Bertz CT molecular complexity index is 738. The summed E-state index contributed by atoms with van der Waals surface area (Å²) in [5, 5.41) is 0. The molecule has 25 heavy (non-hydrogen) atoms. The van der Waals surface area contributed by atoms with Gasteiger partial charge in [-0.1, -0.05) is 19.9 Å². The molecule has 2 aromatic rings. The van der Waals surface area contributed by atoms with E-state index in [9.17, 15) is 9.18 Å². The summed E-state index contributed by atoms with van der Waals surface area (Å²) in [5.41, 5.74) is 0.749. The minimum atomic E-state index is -0.597. The molecule has 5 heteroatoms. The molecule has 0 saturated carbocycles. The lowest BCUT2D eigenvalue weighted by atomic mass is 10.1. The van der Waals surface area contributed by atoms with Crippen molar-refractivity contribution in [2.75, 3.05) is 11.4 Å². The average Bonchev–Trinajstić information content (AvgIpc) is 2.51. The number of amides is 1. The van der Waals surface area contributed by atoms with Crippen molar-refractivity contribution in [3.8, 4) is 11.1 Å². The molecule has 133 valence electrons. The zero-order valence-electron chi connectivity index (χ0n) is 15.3. The van der Waals surface area contributed by atoms with Crippen molar-refractivity contribution in [2.45, 2.75) is 40.2 Å². The second kappa shape index (κ2) is 7.64. The van der Waals surface area contributed by atoms with E-state index in [0.717, 1.165) is 5.56 Å². The lowest BCUT2D eigenvalue weighted by Gasteiger charge is -2.28. The standard InChI is InChI=1S/C20H24FN2O2/c1-14(2)13-23(19(24)25-20(3,4)5)18-12-16(9-10-22-18)15-7-6-8-17(21)11-15/h6,8-12,14H,13H2,1-5H3.